The van der Waals surface area contributed by atoms with E-state index in [9.17, 15) is 0 Å². The highest BCUT2D eigenvalue weighted by molar-refractivity contribution is 7.99. The van der Waals surface area contributed by atoms with Crippen LogP contribution in [0.1, 0.15) is 24.1 Å². The molecule has 0 saturated heterocycles. The van der Waals surface area contributed by atoms with Crippen LogP contribution in [0.5, 0.6) is 0 Å². The van der Waals surface area contributed by atoms with Crippen molar-refractivity contribution >= 4 is 11.8 Å². The van der Waals surface area contributed by atoms with E-state index in [2.05, 4.69) is 42.2 Å². The lowest BCUT2D eigenvalue weighted by Crippen LogP contribution is -2.04. The Kier molecular flexibility index (Phi) is 3.82. The average Bonchev–Trinajstić information content (AvgIpc) is 2.32. The standard InChI is InChI=1S/C14H16N2S/c1-10-3-5-13(6-4-10)17-14-9-12(11(2)15)7-8-16-14/h3-9,11H,15H2,1-2H3/t11-/m1/s1. The zero-order valence-corrected chi connectivity index (χ0v) is 10.9. The number of rotatable bonds is 3. The molecule has 0 fully saturated rings. The lowest BCUT2D eigenvalue weighted by molar-refractivity contribution is 0.808. The second-order valence-electron chi connectivity index (χ2n) is 4.13. The van der Waals surface area contributed by atoms with Crippen molar-refractivity contribution in [3.05, 3.63) is 53.7 Å². The maximum Gasteiger partial charge on any atom is 0.101 e. The van der Waals surface area contributed by atoms with Crippen LogP contribution in [0.4, 0.5) is 0 Å². The zero-order valence-electron chi connectivity index (χ0n) is 10.1. The summed E-state index contributed by atoms with van der Waals surface area (Å²) in [6, 6.07) is 12.5. The number of pyridine rings is 1. The molecule has 2 nitrogen and oxygen atoms in total. The van der Waals surface area contributed by atoms with Gasteiger partial charge in [-0.3, -0.25) is 0 Å². The third-order valence-corrected chi connectivity index (χ3v) is 3.47. The minimum atomic E-state index is 0.0513. The number of nitrogens with two attached hydrogens (primary N) is 1. The fourth-order valence-electron chi connectivity index (χ4n) is 1.49. The van der Waals surface area contributed by atoms with Gasteiger partial charge in [0.2, 0.25) is 0 Å². The first kappa shape index (κ1) is 12.1. The molecule has 0 saturated carbocycles. The van der Waals surface area contributed by atoms with Gasteiger partial charge >= 0.3 is 0 Å². The van der Waals surface area contributed by atoms with Crippen LogP contribution in [-0.4, -0.2) is 4.98 Å². The molecule has 0 unspecified atom stereocenters. The molecule has 0 amide bonds. The van der Waals surface area contributed by atoms with Crippen LogP contribution in [0.15, 0.2) is 52.5 Å². The maximum absolute atomic E-state index is 5.86. The highest BCUT2D eigenvalue weighted by atomic mass is 32.2. The Balaban J connectivity index is 2.18. The van der Waals surface area contributed by atoms with E-state index in [1.165, 1.54) is 10.5 Å². The van der Waals surface area contributed by atoms with Crippen LogP contribution in [0.2, 0.25) is 0 Å². The molecular weight excluding hydrogens is 228 g/mol. The largest absolute Gasteiger partial charge is 0.324 e. The average molecular weight is 244 g/mol. The van der Waals surface area contributed by atoms with E-state index in [0.717, 1.165) is 10.6 Å². The van der Waals surface area contributed by atoms with Gasteiger partial charge in [0.15, 0.2) is 0 Å². The number of nitrogens with zero attached hydrogens (tertiary/aromatic N) is 1. The Morgan fingerprint density at radius 2 is 1.88 bits per heavy atom. The minimum absolute atomic E-state index is 0.0513. The van der Waals surface area contributed by atoms with Gasteiger partial charge in [0.05, 0.1) is 0 Å². The van der Waals surface area contributed by atoms with Crippen LogP contribution in [0.25, 0.3) is 0 Å². The fourth-order valence-corrected chi connectivity index (χ4v) is 2.31. The predicted octanol–water partition coefficient (Wildman–Crippen LogP) is 3.56. The molecule has 1 aromatic carbocycles. The highest BCUT2D eigenvalue weighted by Gasteiger charge is 2.03. The second-order valence-corrected chi connectivity index (χ2v) is 5.23. The summed E-state index contributed by atoms with van der Waals surface area (Å²) in [5, 5.41) is 0.989. The quantitative estimate of drug-likeness (QED) is 0.897. The molecule has 0 aliphatic carbocycles. The van der Waals surface area contributed by atoms with Crippen molar-refractivity contribution in [2.45, 2.75) is 29.8 Å². The molecule has 2 rings (SSSR count). The Morgan fingerprint density at radius 3 is 2.53 bits per heavy atom. The Morgan fingerprint density at radius 1 is 1.18 bits per heavy atom. The molecule has 17 heavy (non-hydrogen) atoms. The van der Waals surface area contributed by atoms with Crippen LogP contribution in [0, 0.1) is 6.92 Å². The van der Waals surface area contributed by atoms with Crippen LogP contribution < -0.4 is 5.73 Å². The van der Waals surface area contributed by atoms with E-state index in [1.807, 2.05) is 19.2 Å². The summed E-state index contributed by atoms with van der Waals surface area (Å²) in [7, 11) is 0. The van der Waals surface area contributed by atoms with Crippen molar-refractivity contribution in [1.82, 2.24) is 4.98 Å². The van der Waals surface area contributed by atoms with Crippen molar-refractivity contribution in [2.75, 3.05) is 0 Å². The zero-order chi connectivity index (χ0) is 12.3. The molecular formula is C14H16N2S. The smallest absolute Gasteiger partial charge is 0.101 e. The van der Waals surface area contributed by atoms with E-state index < -0.39 is 0 Å². The monoisotopic (exact) mass is 244 g/mol. The van der Waals surface area contributed by atoms with E-state index in [1.54, 1.807) is 11.8 Å². The van der Waals surface area contributed by atoms with Crippen molar-refractivity contribution < 1.29 is 0 Å². The van der Waals surface area contributed by atoms with Crippen molar-refractivity contribution in [3.8, 4) is 0 Å². The number of aryl methyl sites for hydroxylation is 1. The molecule has 1 heterocycles. The van der Waals surface area contributed by atoms with Gasteiger partial charge in [-0.1, -0.05) is 29.5 Å². The topological polar surface area (TPSA) is 38.9 Å². The lowest BCUT2D eigenvalue weighted by Gasteiger charge is -2.07. The normalized spacial score (nSPS) is 12.4. The van der Waals surface area contributed by atoms with E-state index in [-0.39, 0.29) is 6.04 Å². The lowest BCUT2D eigenvalue weighted by atomic mass is 10.1. The third-order valence-electron chi connectivity index (χ3n) is 2.53. The van der Waals surface area contributed by atoms with Gasteiger partial charge in [-0.05, 0) is 43.7 Å². The van der Waals surface area contributed by atoms with Gasteiger partial charge in [0, 0.05) is 17.1 Å². The molecule has 3 heteroatoms. The summed E-state index contributed by atoms with van der Waals surface area (Å²) >= 11 is 1.66. The molecule has 1 atom stereocenters. The van der Waals surface area contributed by atoms with Crippen molar-refractivity contribution in [3.63, 3.8) is 0 Å². The summed E-state index contributed by atoms with van der Waals surface area (Å²) < 4.78 is 0. The maximum atomic E-state index is 5.86. The molecule has 0 aliphatic heterocycles. The molecule has 0 spiro atoms. The Bertz CT molecular complexity index is 492. The molecule has 0 aliphatic rings. The molecule has 88 valence electrons. The number of hydrogen-bond donors (Lipinski definition) is 1. The van der Waals surface area contributed by atoms with Crippen LogP contribution >= 0.6 is 11.8 Å². The summed E-state index contributed by atoms with van der Waals surface area (Å²) in [5.74, 6) is 0. The van der Waals surface area contributed by atoms with Gasteiger partial charge in [0.1, 0.15) is 5.03 Å². The van der Waals surface area contributed by atoms with Crippen molar-refractivity contribution in [2.24, 2.45) is 5.73 Å². The third kappa shape index (κ3) is 3.32. The SMILES string of the molecule is Cc1ccc(Sc2cc([C@@H](C)N)ccn2)cc1. The van der Waals surface area contributed by atoms with E-state index in [0.29, 0.717) is 0 Å². The second kappa shape index (κ2) is 5.34. The fraction of sp³-hybridized carbons (Fsp3) is 0.214. The predicted molar refractivity (Wildman–Crippen MR) is 72.1 cm³/mol. The van der Waals surface area contributed by atoms with Gasteiger partial charge in [-0.25, -0.2) is 4.98 Å². The summed E-state index contributed by atoms with van der Waals surface area (Å²) in [4.78, 5) is 5.55. The Labute approximate surface area is 106 Å². The Hall–Kier alpha value is -1.32. The van der Waals surface area contributed by atoms with Crippen molar-refractivity contribution in [1.29, 1.82) is 0 Å². The van der Waals surface area contributed by atoms with Gasteiger partial charge < -0.3 is 5.73 Å². The van der Waals surface area contributed by atoms with Crippen LogP contribution in [-0.2, 0) is 0 Å². The molecule has 0 radical (unpaired) electrons. The summed E-state index contributed by atoms with van der Waals surface area (Å²) in [6.45, 7) is 4.07. The van der Waals surface area contributed by atoms with Gasteiger partial charge in [0.25, 0.3) is 0 Å². The van der Waals surface area contributed by atoms with E-state index >= 15 is 0 Å². The summed E-state index contributed by atoms with van der Waals surface area (Å²) in [6.07, 6.45) is 1.81. The first-order valence-electron chi connectivity index (χ1n) is 5.61. The minimum Gasteiger partial charge on any atom is -0.324 e. The van der Waals surface area contributed by atoms with Gasteiger partial charge in [-0.15, -0.1) is 0 Å². The van der Waals surface area contributed by atoms with E-state index in [4.69, 9.17) is 5.73 Å². The molecule has 2 aromatic rings. The number of benzene rings is 1. The highest BCUT2D eigenvalue weighted by Crippen LogP contribution is 2.27. The molecule has 0 bridgehead atoms. The first-order chi connectivity index (χ1) is 8.15. The molecule has 1 aromatic heterocycles. The van der Waals surface area contributed by atoms with Gasteiger partial charge in [-0.2, -0.15) is 0 Å². The number of aromatic nitrogens is 1. The van der Waals surface area contributed by atoms with Crippen LogP contribution in [0.3, 0.4) is 0 Å². The number of hydrogen-bond acceptors (Lipinski definition) is 3. The molecule has 2 N–H and O–H groups in total. The summed E-state index contributed by atoms with van der Waals surface area (Å²) in [5.41, 5.74) is 8.25. The first-order valence-corrected chi connectivity index (χ1v) is 6.43.